The highest BCUT2D eigenvalue weighted by molar-refractivity contribution is 5.71. The van der Waals surface area contributed by atoms with Gasteiger partial charge in [-0.15, -0.1) is 0 Å². The van der Waals surface area contributed by atoms with E-state index in [-0.39, 0.29) is 24.5 Å². The van der Waals surface area contributed by atoms with E-state index in [4.69, 9.17) is 4.74 Å². The van der Waals surface area contributed by atoms with Crippen molar-refractivity contribution in [3.05, 3.63) is 0 Å². The summed E-state index contributed by atoms with van der Waals surface area (Å²) in [5, 5.41) is 9.23. The van der Waals surface area contributed by atoms with Gasteiger partial charge in [-0.3, -0.25) is 9.69 Å². The third-order valence-electron chi connectivity index (χ3n) is 2.76. The molecule has 0 spiro atoms. The van der Waals surface area contributed by atoms with Gasteiger partial charge in [0.05, 0.1) is 6.04 Å². The van der Waals surface area contributed by atoms with Crippen LogP contribution >= 0.6 is 0 Å². The zero-order valence-corrected chi connectivity index (χ0v) is 10.2. The van der Waals surface area contributed by atoms with E-state index in [1.807, 2.05) is 20.8 Å². The second-order valence-electron chi connectivity index (χ2n) is 5.12. The fourth-order valence-electron chi connectivity index (χ4n) is 2.11. The minimum absolute atomic E-state index is 0.247. The van der Waals surface area contributed by atoms with Gasteiger partial charge in [0, 0.05) is 12.0 Å². The maximum Gasteiger partial charge on any atom is 0.408 e. The van der Waals surface area contributed by atoms with Gasteiger partial charge in [-0.25, -0.2) is 4.79 Å². The zero-order valence-electron chi connectivity index (χ0n) is 10.2. The summed E-state index contributed by atoms with van der Waals surface area (Å²) in [4.78, 5) is 23.7. The molecule has 16 heavy (non-hydrogen) atoms. The van der Waals surface area contributed by atoms with Crippen LogP contribution in [0.4, 0.5) is 4.79 Å². The Balaban J connectivity index is 2.87. The van der Waals surface area contributed by atoms with E-state index in [0.717, 1.165) is 0 Å². The van der Waals surface area contributed by atoms with Crippen molar-refractivity contribution < 1.29 is 19.4 Å². The van der Waals surface area contributed by atoms with Crippen LogP contribution in [0, 0.1) is 0 Å². The van der Waals surface area contributed by atoms with Gasteiger partial charge in [-0.05, 0) is 34.1 Å². The smallest absolute Gasteiger partial charge is 0.408 e. The largest absolute Gasteiger partial charge is 0.465 e. The molecule has 1 aliphatic heterocycles. The molecule has 1 amide bonds. The van der Waals surface area contributed by atoms with Crippen LogP contribution in [-0.2, 0) is 9.53 Å². The molecule has 1 heterocycles. The van der Waals surface area contributed by atoms with E-state index >= 15 is 0 Å². The van der Waals surface area contributed by atoms with Crippen molar-refractivity contribution in [2.75, 3.05) is 0 Å². The van der Waals surface area contributed by atoms with Crippen LogP contribution < -0.4 is 0 Å². The van der Waals surface area contributed by atoms with Crippen LogP contribution in [0.1, 0.15) is 40.5 Å². The van der Waals surface area contributed by atoms with Gasteiger partial charge < -0.3 is 9.84 Å². The lowest BCUT2D eigenvalue weighted by atomic mass is 9.96. The minimum Gasteiger partial charge on any atom is -0.465 e. The average molecular weight is 229 g/mol. The standard InChI is InChI=1S/C11H19NO4/c1-7-8(5-6-9(13)16-7)12(10(14)15)11(2,3)4/h7-8H,5-6H2,1-4H3,(H,14,15)/t7-,8-/m1/s1. The predicted octanol–water partition coefficient (Wildman–Crippen LogP) is 1.86. The predicted molar refractivity (Wildman–Crippen MR) is 58.2 cm³/mol. The summed E-state index contributed by atoms with van der Waals surface area (Å²) in [6, 6.07) is -0.254. The van der Waals surface area contributed by atoms with Crippen LogP contribution in [-0.4, -0.2) is 39.8 Å². The lowest BCUT2D eigenvalue weighted by molar-refractivity contribution is -0.159. The molecule has 5 nitrogen and oxygen atoms in total. The van der Waals surface area contributed by atoms with E-state index in [1.165, 1.54) is 4.90 Å². The second-order valence-corrected chi connectivity index (χ2v) is 5.12. The highest BCUT2D eigenvalue weighted by Gasteiger charge is 2.39. The minimum atomic E-state index is -0.970. The van der Waals surface area contributed by atoms with Crippen molar-refractivity contribution in [1.29, 1.82) is 0 Å². The molecule has 2 atom stereocenters. The number of carbonyl (C=O) groups is 2. The van der Waals surface area contributed by atoms with Gasteiger partial charge in [-0.2, -0.15) is 0 Å². The molecule has 0 radical (unpaired) electrons. The van der Waals surface area contributed by atoms with Crippen molar-refractivity contribution in [3.63, 3.8) is 0 Å². The topological polar surface area (TPSA) is 66.8 Å². The number of carbonyl (C=O) groups excluding carboxylic acids is 1. The van der Waals surface area contributed by atoms with E-state index in [0.29, 0.717) is 6.42 Å². The van der Waals surface area contributed by atoms with Crippen LogP contribution in [0.2, 0.25) is 0 Å². The Morgan fingerprint density at radius 3 is 2.44 bits per heavy atom. The molecule has 0 aliphatic carbocycles. The number of ether oxygens (including phenoxy) is 1. The Kier molecular flexibility index (Phi) is 3.45. The first-order valence-corrected chi connectivity index (χ1v) is 5.45. The molecule has 0 unspecified atom stereocenters. The molecule has 1 N–H and O–H groups in total. The van der Waals surface area contributed by atoms with Gasteiger partial charge in [0.15, 0.2) is 0 Å². The van der Waals surface area contributed by atoms with Gasteiger partial charge in [0.2, 0.25) is 0 Å². The summed E-state index contributed by atoms with van der Waals surface area (Å²) >= 11 is 0. The first kappa shape index (κ1) is 12.8. The Morgan fingerprint density at radius 1 is 1.50 bits per heavy atom. The van der Waals surface area contributed by atoms with Crippen molar-refractivity contribution in [1.82, 2.24) is 4.90 Å². The molecular weight excluding hydrogens is 210 g/mol. The number of carboxylic acid groups (broad SMARTS) is 1. The Morgan fingerprint density at radius 2 is 2.06 bits per heavy atom. The number of rotatable bonds is 1. The molecular formula is C11H19NO4. The molecule has 0 bridgehead atoms. The highest BCUT2D eigenvalue weighted by Crippen LogP contribution is 2.26. The summed E-state index contributed by atoms with van der Waals surface area (Å²) in [6.45, 7) is 7.25. The van der Waals surface area contributed by atoms with Crippen LogP contribution in [0.5, 0.6) is 0 Å². The Bertz CT molecular complexity index is 295. The van der Waals surface area contributed by atoms with Crippen molar-refractivity contribution in [2.24, 2.45) is 0 Å². The first-order chi connectivity index (χ1) is 7.23. The molecule has 0 aromatic carbocycles. The fourth-order valence-corrected chi connectivity index (χ4v) is 2.11. The van der Waals surface area contributed by atoms with Crippen molar-refractivity contribution >= 4 is 12.1 Å². The fraction of sp³-hybridized carbons (Fsp3) is 0.818. The number of nitrogens with zero attached hydrogens (tertiary/aromatic N) is 1. The Hall–Kier alpha value is -1.26. The van der Waals surface area contributed by atoms with Gasteiger partial charge >= 0.3 is 12.1 Å². The maximum atomic E-state index is 11.3. The number of hydrogen-bond acceptors (Lipinski definition) is 3. The maximum absolute atomic E-state index is 11.3. The summed E-state index contributed by atoms with van der Waals surface area (Å²) in [7, 11) is 0. The zero-order chi connectivity index (χ0) is 12.5. The summed E-state index contributed by atoms with van der Waals surface area (Å²) < 4.78 is 5.08. The monoisotopic (exact) mass is 229 g/mol. The van der Waals surface area contributed by atoms with Crippen molar-refractivity contribution in [2.45, 2.75) is 58.2 Å². The summed E-state index contributed by atoms with van der Waals surface area (Å²) in [5.41, 5.74) is -0.492. The normalized spacial score (nSPS) is 26.1. The van der Waals surface area contributed by atoms with Crippen LogP contribution in [0.15, 0.2) is 0 Å². The van der Waals surface area contributed by atoms with E-state index in [2.05, 4.69) is 0 Å². The SMILES string of the molecule is C[C@H]1OC(=O)CC[C@H]1N(C(=O)O)C(C)(C)C. The second kappa shape index (κ2) is 4.31. The molecule has 0 aromatic rings. The molecule has 1 saturated heterocycles. The number of cyclic esters (lactones) is 1. The molecule has 92 valence electrons. The van der Waals surface area contributed by atoms with E-state index in [1.54, 1.807) is 6.92 Å². The number of amides is 1. The summed E-state index contributed by atoms with van der Waals surface area (Å²) in [6.07, 6.45) is -0.530. The lowest BCUT2D eigenvalue weighted by Gasteiger charge is -2.43. The molecule has 0 saturated carbocycles. The quantitative estimate of drug-likeness (QED) is 0.697. The molecule has 1 fully saturated rings. The summed E-state index contributed by atoms with van der Waals surface area (Å²) in [5.74, 6) is -0.247. The Labute approximate surface area is 95.4 Å². The molecule has 0 aromatic heterocycles. The lowest BCUT2D eigenvalue weighted by Crippen LogP contribution is -2.57. The third-order valence-corrected chi connectivity index (χ3v) is 2.76. The number of hydrogen-bond donors (Lipinski definition) is 1. The third kappa shape index (κ3) is 2.65. The first-order valence-electron chi connectivity index (χ1n) is 5.45. The van der Waals surface area contributed by atoms with Crippen LogP contribution in [0.25, 0.3) is 0 Å². The molecule has 1 rings (SSSR count). The van der Waals surface area contributed by atoms with Gasteiger partial charge in [0.1, 0.15) is 6.10 Å². The van der Waals surface area contributed by atoms with Gasteiger partial charge in [-0.1, -0.05) is 0 Å². The van der Waals surface area contributed by atoms with E-state index < -0.39 is 11.6 Å². The van der Waals surface area contributed by atoms with E-state index in [9.17, 15) is 14.7 Å². The van der Waals surface area contributed by atoms with Crippen LogP contribution in [0.3, 0.4) is 0 Å². The number of esters is 1. The molecule has 1 aliphatic rings. The van der Waals surface area contributed by atoms with Crippen molar-refractivity contribution in [3.8, 4) is 0 Å². The molecule has 5 heteroatoms. The van der Waals surface area contributed by atoms with Gasteiger partial charge in [0.25, 0.3) is 0 Å². The average Bonchev–Trinajstić information content (AvgIpc) is 2.06. The highest BCUT2D eigenvalue weighted by atomic mass is 16.5.